The largest absolute Gasteiger partial charge is 0.380 e. The Kier molecular flexibility index (Phi) is 2.32. The van der Waals surface area contributed by atoms with E-state index in [4.69, 9.17) is 4.74 Å². The molecule has 2 nitrogen and oxygen atoms in total. The van der Waals surface area contributed by atoms with Gasteiger partial charge in [-0.25, -0.2) is 0 Å². The van der Waals surface area contributed by atoms with E-state index in [0.717, 1.165) is 13.1 Å². The van der Waals surface area contributed by atoms with Crippen molar-refractivity contribution in [1.82, 2.24) is 5.32 Å². The Hall–Kier alpha value is -0.0800. The Morgan fingerprint density at radius 1 is 1.50 bits per heavy atom. The lowest BCUT2D eigenvalue weighted by Crippen LogP contribution is -2.44. The van der Waals surface area contributed by atoms with Crippen molar-refractivity contribution in [2.45, 2.75) is 26.4 Å². The van der Waals surface area contributed by atoms with Crippen LogP contribution < -0.4 is 5.32 Å². The van der Waals surface area contributed by atoms with Crippen LogP contribution in [-0.2, 0) is 4.74 Å². The topological polar surface area (TPSA) is 21.3 Å². The summed E-state index contributed by atoms with van der Waals surface area (Å²) in [5.74, 6) is 0. The number of ether oxygens (including phenoxy) is 1. The summed E-state index contributed by atoms with van der Waals surface area (Å²) < 4.78 is 5.26. The molecule has 1 aliphatic rings. The molecular formula is C8H17NO. The van der Waals surface area contributed by atoms with Crippen molar-refractivity contribution in [3.05, 3.63) is 0 Å². The zero-order chi connectivity index (χ0) is 7.61. The number of piperidine rings is 1. The second-order valence-corrected chi connectivity index (χ2v) is 3.86. The van der Waals surface area contributed by atoms with Crippen LogP contribution in [0.4, 0.5) is 0 Å². The Labute approximate surface area is 63.0 Å². The van der Waals surface area contributed by atoms with Gasteiger partial charge in [0.1, 0.15) is 0 Å². The van der Waals surface area contributed by atoms with Gasteiger partial charge >= 0.3 is 0 Å². The zero-order valence-electron chi connectivity index (χ0n) is 7.11. The Bertz CT molecular complexity index is 112. The van der Waals surface area contributed by atoms with Gasteiger partial charge in [-0.3, -0.25) is 0 Å². The number of hydrogen-bond donors (Lipinski definition) is 1. The molecule has 1 atom stereocenters. The molecular weight excluding hydrogens is 126 g/mol. The van der Waals surface area contributed by atoms with Gasteiger partial charge in [0.2, 0.25) is 0 Å². The summed E-state index contributed by atoms with van der Waals surface area (Å²) in [5, 5.41) is 3.35. The summed E-state index contributed by atoms with van der Waals surface area (Å²) in [7, 11) is 1.79. The van der Waals surface area contributed by atoms with Crippen LogP contribution in [0.3, 0.4) is 0 Å². The van der Waals surface area contributed by atoms with E-state index in [1.807, 2.05) is 0 Å². The van der Waals surface area contributed by atoms with Crippen LogP contribution in [0.2, 0.25) is 0 Å². The maximum atomic E-state index is 5.26. The lowest BCUT2D eigenvalue weighted by atomic mass is 9.84. The maximum Gasteiger partial charge on any atom is 0.0701 e. The third kappa shape index (κ3) is 1.96. The van der Waals surface area contributed by atoms with Crippen LogP contribution in [0.15, 0.2) is 0 Å². The first-order valence-corrected chi connectivity index (χ1v) is 3.87. The molecule has 0 saturated carbocycles. The zero-order valence-corrected chi connectivity index (χ0v) is 7.11. The molecule has 1 rings (SSSR count). The van der Waals surface area contributed by atoms with Crippen molar-refractivity contribution in [2.24, 2.45) is 5.41 Å². The Morgan fingerprint density at radius 3 is 2.60 bits per heavy atom. The number of hydrogen-bond acceptors (Lipinski definition) is 2. The fourth-order valence-electron chi connectivity index (χ4n) is 1.50. The van der Waals surface area contributed by atoms with E-state index in [1.165, 1.54) is 6.42 Å². The first kappa shape index (κ1) is 8.02. The minimum atomic E-state index is 0.416. The highest BCUT2D eigenvalue weighted by atomic mass is 16.5. The molecule has 10 heavy (non-hydrogen) atoms. The molecule has 0 spiro atoms. The van der Waals surface area contributed by atoms with Gasteiger partial charge in [0.25, 0.3) is 0 Å². The van der Waals surface area contributed by atoms with Gasteiger partial charge in [-0.05, 0) is 11.8 Å². The molecule has 1 aliphatic heterocycles. The highest BCUT2D eigenvalue weighted by molar-refractivity contribution is 4.82. The molecule has 1 fully saturated rings. The molecule has 0 aromatic heterocycles. The van der Waals surface area contributed by atoms with Gasteiger partial charge in [0.05, 0.1) is 6.10 Å². The smallest absolute Gasteiger partial charge is 0.0701 e. The van der Waals surface area contributed by atoms with Crippen molar-refractivity contribution in [3.63, 3.8) is 0 Å². The van der Waals surface area contributed by atoms with Crippen molar-refractivity contribution in [1.29, 1.82) is 0 Å². The molecule has 0 bridgehead atoms. The van der Waals surface area contributed by atoms with Crippen LogP contribution in [0.25, 0.3) is 0 Å². The predicted octanol–water partition coefficient (Wildman–Crippen LogP) is 1.02. The number of methoxy groups -OCH3 is 1. The maximum absolute atomic E-state index is 5.26. The molecule has 1 heterocycles. The van der Waals surface area contributed by atoms with Crippen molar-refractivity contribution < 1.29 is 4.74 Å². The molecule has 0 aromatic rings. The van der Waals surface area contributed by atoms with E-state index >= 15 is 0 Å². The molecule has 2 heteroatoms. The molecule has 60 valence electrons. The lowest BCUT2D eigenvalue weighted by Gasteiger charge is -2.34. The summed E-state index contributed by atoms with van der Waals surface area (Å²) in [4.78, 5) is 0. The van der Waals surface area contributed by atoms with Crippen LogP contribution in [0, 0.1) is 5.41 Å². The average molecular weight is 143 g/mol. The normalized spacial score (nSPS) is 32.1. The number of rotatable bonds is 1. The molecule has 1 N–H and O–H groups in total. The molecule has 1 unspecified atom stereocenters. The van der Waals surface area contributed by atoms with Crippen LogP contribution in [-0.4, -0.2) is 26.3 Å². The van der Waals surface area contributed by atoms with Crippen LogP contribution in [0.5, 0.6) is 0 Å². The molecule has 0 amide bonds. The van der Waals surface area contributed by atoms with E-state index in [0.29, 0.717) is 11.5 Å². The Balaban J connectivity index is 2.40. The van der Waals surface area contributed by atoms with Gasteiger partial charge < -0.3 is 10.1 Å². The summed E-state index contributed by atoms with van der Waals surface area (Å²) >= 11 is 0. The monoisotopic (exact) mass is 143 g/mol. The van der Waals surface area contributed by atoms with Crippen molar-refractivity contribution in [2.75, 3.05) is 20.2 Å². The fourth-order valence-corrected chi connectivity index (χ4v) is 1.50. The standard InChI is InChI=1S/C8H17NO/c1-8(2)4-7(10-3)5-9-6-8/h7,9H,4-6H2,1-3H3. The van der Waals surface area contributed by atoms with E-state index in [2.05, 4.69) is 19.2 Å². The molecule has 0 aromatic carbocycles. The molecule has 1 saturated heterocycles. The minimum Gasteiger partial charge on any atom is -0.380 e. The van der Waals surface area contributed by atoms with E-state index in [1.54, 1.807) is 7.11 Å². The van der Waals surface area contributed by atoms with E-state index in [9.17, 15) is 0 Å². The van der Waals surface area contributed by atoms with E-state index in [-0.39, 0.29) is 0 Å². The van der Waals surface area contributed by atoms with Gasteiger partial charge in [0, 0.05) is 20.2 Å². The van der Waals surface area contributed by atoms with E-state index < -0.39 is 0 Å². The highest BCUT2D eigenvalue weighted by Crippen LogP contribution is 2.25. The Morgan fingerprint density at radius 2 is 2.20 bits per heavy atom. The second-order valence-electron chi connectivity index (χ2n) is 3.86. The summed E-state index contributed by atoms with van der Waals surface area (Å²) in [6.07, 6.45) is 1.60. The summed E-state index contributed by atoms with van der Waals surface area (Å²) in [6.45, 7) is 6.67. The molecule has 0 aliphatic carbocycles. The fraction of sp³-hybridized carbons (Fsp3) is 1.00. The first-order chi connectivity index (χ1) is 4.64. The first-order valence-electron chi connectivity index (χ1n) is 3.87. The SMILES string of the molecule is COC1CNCC(C)(C)C1. The van der Waals surface area contributed by atoms with Crippen LogP contribution >= 0.6 is 0 Å². The lowest BCUT2D eigenvalue weighted by molar-refractivity contribution is 0.0380. The summed E-state index contributed by atoms with van der Waals surface area (Å²) in [6, 6.07) is 0. The van der Waals surface area contributed by atoms with Gasteiger partial charge in [0.15, 0.2) is 0 Å². The van der Waals surface area contributed by atoms with Crippen molar-refractivity contribution in [3.8, 4) is 0 Å². The second kappa shape index (κ2) is 2.89. The molecule has 0 radical (unpaired) electrons. The third-order valence-electron chi connectivity index (χ3n) is 2.09. The highest BCUT2D eigenvalue weighted by Gasteiger charge is 2.27. The van der Waals surface area contributed by atoms with Crippen molar-refractivity contribution >= 4 is 0 Å². The quantitative estimate of drug-likeness (QED) is 0.591. The number of nitrogens with one attached hydrogen (secondary N) is 1. The van der Waals surface area contributed by atoms with Gasteiger partial charge in [-0.1, -0.05) is 13.8 Å². The summed E-state index contributed by atoms with van der Waals surface area (Å²) in [5.41, 5.74) is 0.416. The van der Waals surface area contributed by atoms with Gasteiger partial charge in [-0.15, -0.1) is 0 Å². The predicted molar refractivity (Wildman–Crippen MR) is 42.1 cm³/mol. The third-order valence-corrected chi connectivity index (χ3v) is 2.09. The minimum absolute atomic E-state index is 0.416. The van der Waals surface area contributed by atoms with Crippen LogP contribution in [0.1, 0.15) is 20.3 Å². The van der Waals surface area contributed by atoms with Gasteiger partial charge in [-0.2, -0.15) is 0 Å². The average Bonchev–Trinajstić information content (AvgIpc) is 1.86.